The van der Waals surface area contributed by atoms with Gasteiger partial charge in [0, 0.05) is 6.08 Å². The van der Waals surface area contributed by atoms with Crippen molar-refractivity contribution in [3.63, 3.8) is 0 Å². The van der Waals surface area contributed by atoms with Gasteiger partial charge >= 0.3 is 17.9 Å². The Morgan fingerprint density at radius 1 is 1.10 bits per heavy atom. The molecule has 1 saturated carbocycles. The van der Waals surface area contributed by atoms with Crippen LogP contribution in [0.3, 0.4) is 0 Å². The van der Waals surface area contributed by atoms with Crippen molar-refractivity contribution in [3.8, 4) is 0 Å². The van der Waals surface area contributed by atoms with Gasteiger partial charge in [-0.3, -0.25) is 9.59 Å². The molecule has 20 heavy (non-hydrogen) atoms. The van der Waals surface area contributed by atoms with Crippen molar-refractivity contribution in [2.24, 2.45) is 11.8 Å². The molecule has 2 rings (SSSR count). The van der Waals surface area contributed by atoms with Crippen LogP contribution in [0.2, 0.25) is 0 Å². The Hall–Kier alpha value is -2.57. The zero-order chi connectivity index (χ0) is 15.1. The molecule has 0 amide bonds. The van der Waals surface area contributed by atoms with E-state index in [1.807, 2.05) is 0 Å². The molecule has 1 aliphatic carbocycles. The van der Waals surface area contributed by atoms with Crippen LogP contribution in [0.25, 0.3) is 6.08 Å². The van der Waals surface area contributed by atoms with Gasteiger partial charge in [-0.1, -0.05) is 0 Å². The number of furan rings is 1. The second-order valence-electron chi connectivity index (χ2n) is 4.15. The predicted octanol–water partition coefficient (Wildman–Crippen LogP) is 1.56. The lowest BCUT2D eigenvalue weighted by Gasteiger charge is -2.29. The highest BCUT2D eigenvalue weighted by Crippen LogP contribution is 2.34. The van der Waals surface area contributed by atoms with Crippen LogP contribution in [0, 0.1) is 11.8 Å². The molecular weight excluding hydrogens is 268 g/mol. The molecule has 0 spiro atoms. The van der Waals surface area contributed by atoms with Crippen molar-refractivity contribution in [1.82, 2.24) is 0 Å². The zero-order valence-corrected chi connectivity index (χ0v) is 10.4. The van der Waals surface area contributed by atoms with E-state index in [-0.39, 0.29) is 0 Å². The maximum absolute atomic E-state index is 10.2. The maximum atomic E-state index is 10.2. The van der Waals surface area contributed by atoms with Gasteiger partial charge in [-0.25, -0.2) is 4.79 Å². The first-order valence-corrected chi connectivity index (χ1v) is 5.82. The fraction of sp³-hybridized carbons (Fsp3) is 0.308. The Morgan fingerprint density at radius 3 is 1.95 bits per heavy atom. The van der Waals surface area contributed by atoms with Crippen LogP contribution in [0.5, 0.6) is 0 Å². The van der Waals surface area contributed by atoms with E-state index < -0.39 is 29.7 Å². The van der Waals surface area contributed by atoms with E-state index in [1.165, 1.54) is 12.3 Å². The number of hydrogen-bond donors (Lipinski definition) is 3. The van der Waals surface area contributed by atoms with Crippen LogP contribution in [0.1, 0.15) is 18.6 Å². The van der Waals surface area contributed by atoms with Crippen molar-refractivity contribution < 1.29 is 34.1 Å². The normalized spacial score (nSPS) is 20.6. The lowest BCUT2D eigenvalue weighted by Crippen LogP contribution is -2.37. The number of hydrogen-bond acceptors (Lipinski definition) is 4. The molecule has 7 heteroatoms. The lowest BCUT2D eigenvalue weighted by molar-refractivity contribution is -0.160. The molecular formula is C13H14O7. The van der Waals surface area contributed by atoms with Crippen LogP contribution in [-0.4, -0.2) is 33.2 Å². The van der Waals surface area contributed by atoms with E-state index in [0.29, 0.717) is 18.6 Å². The first-order chi connectivity index (χ1) is 9.41. The van der Waals surface area contributed by atoms with E-state index in [4.69, 9.17) is 19.7 Å². The Morgan fingerprint density at radius 2 is 1.65 bits per heavy atom. The van der Waals surface area contributed by atoms with Gasteiger partial charge in [-0.15, -0.1) is 0 Å². The molecule has 2 atom stereocenters. The minimum absolute atomic E-state index is 0.506. The molecule has 1 aromatic rings. The lowest BCUT2D eigenvalue weighted by atomic mass is 9.74. The summed E-state index contributed by atoms with van der Waals surface area (Å²) in [5.74, 6) is -3.69. The monoisotopic (exact) mass is 282 g/mol. The van der Waals surface area contributed by atoms with Gasteiger partial charge in [0.1, 0.15) is 5.76 Å². The molecule has 0 bridgehead atoms. The number of aliphatic carboxylic acids is 3. The third kappa shape index (κ3) is 4.60. The van der Waals surface area contributed by atoms with Gasteiger partial charge in [0.2, 0.25) is 0 Å². The summed E-state index contributed by atoms with van der Waals surface area (Å²) in [7, 11) is 0. The summed E-state index contributed by atoms with van der Waals surface area (Å²) in [4.78, 5) is 30.4. The number of carboxylic acids is 3. The standard InChI is InChI=1S/C7H6O3.C6H8O4/c8-7(9)4-3-6-2-1-5-10-6;7-5(8)3-1-2-4(3)6(9)10/h1-5H,(H,8,9);3-4H,1-2H2,(H,7,8)(H,9,10)/b4-3+;. The Balaban J connectivity index is 0.000000200. The molecule has 1 aliphatic rings. The number of rotatable bonds is 4. The van der Waals surface area contributed by atoms with Crippen LogP contribution in [0.15, 0.2) is 28.9 Å². The summed E-state index contributed by atoms with van der Waals surface area (Å²) in [5, 5.41) is 25.0. The topological polar surface area (TPSA) is 125 Å². The van der Waals surface area contributed by atoms with Crippen LogP contribution in [0.4, 0.5) is 0 Å². The minimum atomic E-state index is -0.987. The van der Waals surface area contributed by atoms with Crippen molar-refractivity contribution in [3.05, 3.63) is 30.2 Å². The summed E-state index contributed by atoms with van der Waals surface area (Å²) in [6.45, 7) is 0. The third-order valence-electron chi connectivity index (χ3n) is 2.84. The van der Waals surface area contributed by atoms with E-state index >= 15 is 0 Å². The summed E-state index contributed by atoms with van der Waals surface area (Å²) in [6.07, 6.45) is 4.92. The molecule has 7 nitrogen and oxygen atoms in total. The molecule has 108 valence electrons. The molecule has 0 radical (unpaired) electrons. The molecule has 0 aromatic carbocycles. The van der Waals surface area contributed by atoms with Crippen LogP contribution < -0.4 is 0 Å². The molecule has 1 heterocycles. The summed E-state index contributed by atoms with van der Waals surface area (Å²) < 4.78 is 4.83. The highest BCUT2D eigenvalue weighted by Gasteiger charge is 2.41. The third-order valence-corrected chi connectivity index (χ3v) is 2.84. The minimum Gasteiger partial charge on any atom is -0.481 e. The van der Waals surface area contributed by atoms with Gasteiger partial charge in [-0.05, 0) is 31.1 Å². The smallest absolute Gasteiger partial charge is 0.328 e. The number of carbonyl (C=O) groups is 3. The van der Waals surface area contributed by atoms with E-state index in [9.17, 15) is 14.4 Å². The van der Waals surface area contributed by atoms with Gasteiger partial charge in [0.05, 0.1) is 18.1 Å². The molecule has 3 N–H and O–H groups in total. The highest BCUT2D eigenvalue weighted by molar-refractivity contribution is 5.84. The molecule has 1 aromatic heterocycles. The Bertz CT molecular complexity index is 481. The molecule has 0 saturated heterocycles. The van der Waals surface area contributed by atoms with Gasteiger partial charge < -0.3 is 19.7 Å². The molecule has 2 unspecified atom stereocenters. The van der Waals surface area contributed by atoms with Crippen molar-refractivity contribution >= 4 is 24.0 Å². The summed E-state index contributed by atoms with van der Waals surface area (Å²) >= 11 is 0. The molecule has 1 fully saturated rings. The van der Waals surface area contributed by atoms with Crippen LogP contribution in [-0.2, 0) is 14.4 Å². The van der Waals surface area contributed by atoms with Crippen molar-refractivity contribution in [2.45, 2.75) is 12.8 Å². The largest absolute Gasteiger partial charge is 0.481 e. The quantitative estimate of drug-likeness (QED) is 0.715. The van der Waals surface area contributed by atoms with Crippen molar-refractivity contribution in [2.75, 3.05) is 0 Å². The van der Waals surface area contributed by atoms with E-state index in [2.05, 4.69) is 0 Å². The number of carboxylic acid groups (broad SMARTS) is 3. The van der Waals surface area contributed by atoms with Gasteiger partial charge in [0.15, 0.2) is 0 Å². The van der Waals surface area contributed by atoms with Crippen molar-refractivity contribution in [1.29, 1.82) is 0 Å². The molecule has 0 aliphatic heterocycles. The maximum Gasteiger partial charge on any atom is 0.328 e. The average molecular weight is 282 g/mol. The first-order valence-electron chi connectivity index (χ1n) is 5.82. The average Bonchev–Trinajstić information content (AvgIpc) is 2.76. The summed E-state index contributed by atoms with van der Waals surface area (Å²) in [5.41, 5.74) is 0. The predicted molar refractivity (Wildman–Crippen MR) is 66.9 cm³/mol. The zero-order valence-electron chi connectivity index (χ0n) is 10.4. The SMILES string of the molecule is O=C(O)/C=C/c1ccco1.O=C(O)C1CCC1C(=O)O. The van der Waals surface area contributed by atoms with Crippen LogP contribution >= 0.6 is 0 Å². The summed E-state index contributed by atoms with van der Waals surface area (Å²) in [6, 6.07) is 3.38. The van der Waals surface area contributed by atoms with Gasteiger partial charge in [0.25, 0.3) is 0 Å². The second-order valence-corrected chi connectivity index (χ2v) is 4.15. The highest BCUT2D eigenvalue weighted by atomic mass is 16.4. The fourth-order valence-corrected chi connectivity index (χ4v) is 1.63. The Labute approximate surface area is 114 Å². The second kappa shape index (κ2) is 7.13. The first kappa shape index (κ1) is 15.5. The Kier molecular flexibility index (Phi) is 5.52. The van der Waals surface area contributed by atoms with E-state index in [1.54, 1.807) is 12.1 Å². The fourth-order valence-electron chi connectivity index (χ4n) is 1.63. The van der Waals surface area contributed by atoms with Gasteiger partial charge in [-0.2, -0.15) is 0 Å². The van der Waals surface area contributed by atoms with E-state index in [0.717, 1.165) is 6.08 Å².